The predicted molar refractivity (Wildman–Crippen MR) is 96.7 cm³/mol. The highest BCUT2D eigenvalue weighted by Crippen LogP contribution is 2.17. The molecule has 0 spiro atoms. The number of nitrogens with zero attached hydrogens (tertiary/aromatic N) is 3. The largest absolute Gasteiger partial charge is 0.355 e. The van der Waals surface area contributed by atoms with E-state index in [-0.39, 0.29) is 0 Å². The lowest BCUT2D eigenvalue weighted by molar-refractivity contribution is 1.32. The molecule has 110 valence electrons. The molecule has 0 aliphatic carbocycles. The van der Waals surface area contributed by atoms with Crippen LogP contribution in [0.25, 0.3) is 12.2 Å². The van der Waals surface area contributed by atoms with Gasteiger partial charge in [-0.2, -0.15) is 0 Å². The Bertz CT molecular complexity index is 881. The zero-order chi connectivity index (χ0) is 15.5. The Morgan fingerprint density at radius 2 is 1.35 bits per heavy atom. The summed E-state index contributed by atoms with van der Waals surface area (Å²) in [6.07, 6.45) is 21.3. The first-order valence-corrected chi connectivity index (χ1v) is 7.37. The summed E-state index contributed by atoms with van der Waals surface area (Å²) in [4.78, 5) is 16.4. The topological polar surface area (TPSA) is 52.9 Å². The van der Waals surface area contributed by atoms with E-state index in [0.717, 1.165) is 34.2 Å². The summed E-state index contributed by atoms with van der Waals surface area (Å²) in [5.74, 6) is 0. The summed E-state index contributed by atoms with van der Waals surface area (Å²) >= 11 is 0. The summed E-state index contributed by atoms with van der Waals surface area (Å²) in [6.45, 7) is 0. The van der Waals surface area contributed by atoms with E-state index < -0.39 is 0 Å². The smallest absolute Gasteiger partial charge is 0.0659 e. The molecule has 3 aliphatic rings. The molecule has 23 heavy (non-hydrogen) atoms. The second-order valence-electron chi connectivity index (χ2n) is 5.22. The van der Waals surface area contributed by atoms with Gasteiger partial charge in [-0.3, -0.25) is 9.98 Å². The van der Waals surface area contributed by atoms with E-state index in [1.54, 1.807) is 12.4 Å². The van der Waals surface area contributed by atoms with Crippen molar-refractivity contribution in [2.24, 2.45) is 15.0 Å². The maximum absolute atomic E-state index is 4.57. The fraction of sp³-hybridized carbons (Fsp3) is 0. The van der Waals surface area contributed by atoms with Crippen LogP contribution in [0.5, 0.6) is 0 Å². The number of hydrogen-bond acceptors (Lipinski definition) is 3. The van der Waals surface area contributed by atoms with Gasteiger partial charge in [0.25, 0.3) is 0 Å². The highest BCUT2D eigenvalue weighted by molar-refractivity contribution is 6.08. The van der Waals surface area contributed by atoms with Crippen molar-refractivity contribution in [3.8, 4) is 0 Å². The van der Waals surface area contributed by atoms with Crippen LogP contribution in [0.3, 0.4) is 0 Å². The molecular formula is C19H14N4. The number of rotatable bonds is 3. The summed E-state index contributed by atoms with van der Waals surface area (Å²) in [6, 6.07) is 4.07. The minimum Gasteiger partial charge on any atom is -0.355 e. The van der Waals surface area contributed by atoms with Crippen molar-refractivity contribution in [3.05, 3.63) is 83.1 Å². The van der Waals surface area contributed by atoms with Crippen molar-refractivity contribution >= 4 is 30.3 Å². The van der Waals surface area contributed by atoms with Gasteiger partial charge in [0, 0.05) is 23.8 Å². The molecule has 4 heteroatoms. The van der Waals surface area contributed by atoms with Crippen molar-refractivity contribution in [1.82, 2.24) is 4.98 Å². The lowest BCUT2D eigenvalue weighted by Crippen LogP contribution is -1.84. The molecule has 0 bridgehead atoms. The second kappa shape index (κ2) is 5.85. The molecule has 4 nitrogen and oxygen atoms in total. The number of aliphatic imine (C=N–C) groups is 3. The second-order valence-corrected chi connectivity index (χ2v) is 5.22. The first-order chi connectivity index (χ1) is 11.3. The van der Waals surface area contributed by atoms with Crippen LogP contribution in [0.2, 0.25) is 0 Å². The van der Waals surface area contributed by atoms with Gasteiger partial charge in [0.05, 0.1) is 22.8 Å². The first-order valence-electron chi connectivity index (χ1n) is 7.37. The summed E-state index contributed by atoms with van der Waals surface area (Å²) in [5, 5.41) is 0. The van der Waals surface area contributed by atoms with Gasteiger partial charge in [0.1, 0.15) is 0 Å². The SMILES string of the molecule is C1=C/C(=C/C2=NC(=C\c3ccc(/C=C4/C=CC=N4)[nH]3)/C=C2)N=C1. The molecule has 0 amide bonds. The van der Waals surface area contributed by atoms with Gasteiger partial charge in [-0.05, 0) is 66.8 Å². The van der Waals surface area contributed by atoms with Gasteiger partial charge in [0.15, 0.2) is 0 Å². The normalized spacial score (nSPS) is 23.3. The molecule has 0 saturated heterocycles. The minimum absolute atomic E-state index is 0.911. The summed E-state index contributed by atoms with van der Waals surface area (Å²) in [7, 11) is 0. The van der Waals surface area contributed by atoms with E-state index in [2.05, 4.69) is 20.0 Å². The van der Waals surface area contributed by atoms with Gasteiger partial charge in [0.2, 0.25) is 0 Å². The highest BCUT2D eigenvalue weighted by Gasteiger charge is 2.05. The van der Waals surface area contributed by atoms with Crippen LogP contribution in [0.1, 0.15) is 11.4 Å². The third kappa shape index (κ3) is 3.16. The Morgan fingerprint density at radius 3 is 2.00 bits per heavy atom. The third-order valence-electron chi connectivity index (χ3n) is 3.47. The number of allylic oxidation sites excluding steroid dienone is 7. The molecule has 4 rings (SSSR count). The third-order valence-corrected chi connectivity index (χ3v) is 3.47. The van der Waals surface area contributed by atoms with Gasteiger partial charge < -0.3 is 4.98 Å². The van der Waals surface area contributed by atoms with Crippen LogP contribution in [0, 0.1) is 0 Å². The average molecular weight is 298 g/mol. The predicted octanol–water partition coefficient (Wildman–Crippen LogP) is 3.87. The Kier molecular flexibility index (Phi) is 3.41. The molecule has 0 radical (unpaired) electrons. The lowest BCUT2D eigenvalue weighted by Gasteiger charge is -1.92. The maximum Gasteiger partial charge on any atom is 0.0659 e. The molecule has 1 N–H and O–H groups in total. The Labute approximate surface area is 134 Å². The maximum atomic E-state index is 4.57. The molecule has 0 aromatic carbocycles. The molecule has 1 aromatic heterocycles. The van der Waals surface area contributed by atoms with Crippen molar-refractivity contribution in [3.63, 3.8) is 0 Å². The van der Waals surface area contributed by atoms with E-state index in [9.17, 15) is 0 Å². The Morgan fingerprint density at radius 1 is 0.696 bits per heavy atom. The Balaban J connectivity index is 1.52. The van der Waals surface area contributed by atoms with Crippen LogP contribution in [-0.4, -0.2) is 23.1 Å². The molecular weight excluding hydrogens is 284 g/mol. The van der Waals surface area contributed by atoms with Crippen LogP contribution in [0.4, 0.5) is 0 Å². The number of nitrogens with one attached hydrogen (secondary N) is 1. The first kappa shape index (κ1) is 13.4. The van der Waals surface area contributed by atoms with Crippen molar-refractivity contribution in [1.29, 1.82) is 0 Å². The summed E-state index contributed by atoms with van der Waals surface area (Å²) < 4.78 is 0. The fourth-order valence-electron chi connectivity index (χ4n) is 2.42. The zero-order valence-electron chi connectivity index (χ0n) is 12.3. The fourth-order valence-corrected chi connectivity index (χ4v) is 2.42. The summed E-state index contributed by atoms with van der Waals surface area (Å²) in [5.41, 5.74) is 5.74. The standard InChI is InChI=1S/C19H14N4/c1-3-14(20-9-1)11-16-5-7-18(22-16)13-19-8-6-17(23-19)12-15-4-2-10-21-15/h1-13,22H/b14-11-,15-12-,19-13-. The van der Waals surface area contributed by atoms with Crippen molar-refractivity contribution in [2.75, 3.05) is 0 Å². The van der Waals surface area contributed by atoms with Gasteiger partial charge in [-0.25, -0.2) is 4.99 Å². The zero-order valence-corrected chi connectivity index (χ0v) is 12.3. The monoisotopic (exact) mass is 298 g/mol. The van der Waals surface area contributed by atoms with E-state index in [4.69, 9.17) is 0 Å². The van der Waals surface area contributed by atoms with Gasteiger partial charge in [-0.15, -0.1) is 0 Å². The molecule has 4 heterocycles. The van der Waals surface area contributed by atoms with Gasteiger partial charge in [-0.1, -0.05) is 0 Å². The molecule has 0 atom stereocenters. The minimum atomic E-state index is 0.911. The Hall–Kier alpha value is -3.27. The molecule has 0 unspecified atom stereocenters. The van der Waals surface area contributed by atoms with E-state index in [0.29, 0.717) is 0 Å². The van der Waals surface area contributed by atoms with E-state index >= 15 is 0 Å². The van der Waals surface area contributed by atoms with Gasteiger partial charge >= 0.3 is 0 Å². The number of aromatic nitrogens is 1. The van der Waals surface area contributed by atoms with E-state index in [1.165, 1.54) is 0 Å². The molecule has 0 fully saturated rings. The number of H-pyrrole nitrogens is 1. The highest BCUT2D eigenvalue weighted by atomic mass is 14.8. The van der Waals surface area contributed by atoms with Crippen LogP contribution < -0.4 is 0 Å². The number of aromatic amines is 1. The molecule has 1 aromatic rings. The molecule has 3 aliphatic heterocycles. The lowest BCUT2D eigenvalue weighted by atomic mass is 10.3. The quantitative estimate of drug-likeness (QED) is 0.880. The van der Waals surface area contributed by atoms with Crippen LogP contribution in [-0.2, 0) is 0 Å². The van der Waals surface area contributed by atoms with Crippen molar-refractivity contribution in [2.45, 2.75) is 0 Å². The van der Waals surface area contributed by atoms with Crippen molar-refractivity contribution < 1.29 is 0 Å². The average Bonchev–Trinajstić information content (AvgIpc) is 3.31. The molecule has 0 saturated carbocycles. The van der Waals surface area contributed by atoms with E-state index in [1.807, 2.05) is 66.8 Å². The van der Waals surface area contributed by atoms with Crippen LogP contribution in [0.15, 0.2) is 86.7 Å². The van der Waals surface area contributed by atoms with Crippen LogP contribution >= 0.6 is 0 Å². The number of hydrogen-bond donors (Lipinski definition) is 1.